The van der Waals surface area contributed by atoms with Crippen molar-refractivity contribution in [2.45, 2.75) is 9.79 Å². The molecule has 0 aliphatic heterocycles. The van der Waals surface area contributed by atoms with Gasteiger partial charge in [0.1, 0.15) is 0 Å². The molecule has 2 heteroatoms. The molecule has 2 rings (SSSR count). The summed E-state index contributed by atoms with van der Waals surface area (Å²) < 4.78 is 0. The van der Waals surface area contributed by atoms with Crippen molar-refractivity contribution < 1.29 is 0 Å². The molecule has 1 atom stereocenters. The second-order valence-corrected chi connectivity index (χ2v) is 3.88. The van der Waals surface area contributed by atoms with E-state index >= 15 is 0 Å². The van der Waals surface area contributed by atoms with Crippen molar-refractivity contribution >= 4 is 21.7 Å². The van der Waals surface area contributed by atoms with Gasteiger partial charge in [-0.1, -0.05) is 48.2 Å². The quantitative estimate of drug-likeness (QED) is 0.692. The van der Waals surface area contributed by atoms with E-state index in [1.807, 2.05) is 12.1 Å². The summed E-state index contributed by atoms with van der Waals surface area (Å²) in [6.45, 7) is 0. The van der Waals surface area contributed by atoms with Gasteiger partial charge >= 0.3 is 0 Å². The Balaban J connectivity index is 0.000000980. The molecule has 0 fully saturated rings. The summed E-state index contributed by atoms with van der Waals surface area (Å²) in [7, 11) is 0. The maximum absolute atomic E-state index is 2.12. The van der Waals surface area contributed by atoms with Crippen molar-refractivity contribution in [3.8, 4) is 0 Å². The molecule has 72 valence electrons. The first-order valence-electron chi connectivity index (χ1n) is 4.23. The largest absolute Gasteiger partial charge is 0.153 e. The van der Waals surface area contributed by atoms with Crippen LogP contribution in [0.15, 0.2) is 70.5 Å². The molecule has 0 bridgehead atoms. The van der Waals surface area contributed by atoms with E-state index in [9.17, 15) is 0 Å². The molecular formula is C12H13PS. The van der Waals surface area contributed by atoms with Crippen LogP contribution in [-0.2, 0) is 0 Å². The second-order valence-electron chi connectivity index (χ2n) is 2.73. The van der Waals surface area contributed by atoms with Crippen molar-refractivity contribution in [1.82, 2.24) is 0 Å². The second kappa shape index (κ2) is 5.85. The maximum Gasteiger partial charge on any atom is 0.0122 e. The van der Waals surface area contributed by atoms with E-state index in [1.54, 1.807) is 11.8 Å². The van der Waals surface area contributed by atoms with Crippen molar-refractivity contribution in [2.24, 2.45) is 0 Å². The number of hydrogen-bond donors (Lipinski definition) is 0. The van der Waals surface area contributed by atoms with Gasteiger partial charge in [-0.15, -0.1) is 0 Å². The van der Waals surface area contributed by atoms with E-state index in [4.69, 9.17) is 0 Å². The lowest BCUT2D eigenvalue weighted by atomic mass is 10.4. The predicted octanol–water partition coefficient (Wildman–Crippen LogP) is 3.90. The van der Waals surface area contributed by atoms with Crippen molar-refractivity contribution in [2.75, 3.05) is 0 Å². The monoisotopic (exact) mass is 220 g/mol. The number of hydrogen-bond acceptors (Lipinski definition) is 1. The Morgan fingerprint density at radius 1 is 0.571 bits per heavy atom. The topological polar surface area (TPSA) is 0 Å². The van der Waals surface area contributed by atoms with Gasteiger partial charge in [0, 0.05) is 9.79 Å². The summed E-state index contributed by atoms with van der Waals surface area (Å²) in [5.74, 6) is 0. The third kappa shape index (κ3) is 3.17. The van der Waals surface area contributed by atoms with E-state index in [0.717, 1.165) is 0 Å². The smallest absolute Gasteiger partial charge is 0.0122 e. The van der Waals surface area contributed by atoms with Gasteiger partial charge in [0.25, 0.3) is 0 Å². The van der Waals surface area contributed by atoms with Crippen LogP contribution in [0.1, 0.15) is 0 Å². The third-order valence-electron chi connectivity index (χ3n) is 1.72. The van der Waals surface area contributed by atoms with Crippen LogP contribution < -0.4 is 0 Å². The molecule has 0 aliphatic rings. The van der Waals surface area contributed by atoms with Crippen LogP contribution in [0.2, 0.25) is 0 Å². The molecule has 1 unspecified atom stereocenters. The third-order valence-corrected chi connectivity index (χ3v) is 2.74. The Bertz CT molecular complexity index is 321. The highest BCUT2D eigenvalue weighted by molar-refractivity contribution is 7.99. The van der Waals surface area contributed by atoms with Crippen molar-refractivity contribution in [3.05, 3.63) is 60.7 Å². The summed E-state index contributed by atoms with van der Waals surface area (Å²) in [5, 5.41) is 0. The van der Waals surface area contributed by atoms with Gasteiger partial charge in [0.15, 0.2) is 0 Å². The summed E-state index contributed by atoms with van der Waals surface area (Å²) in [4.78, 5) is 2.57. The number of rotatable bonds is 2. The van der Waals surface area contributed by atoms with E-state index in [1.165, 1.54) is 9.79 Å². The molecule has 2 aromatic carbocycles. The SMILES string of the molecule is P.c1ccc(Sc2ccccc2)cc1. The first kappa shape index (κ1) is 11.3. The molecule has 0 radical (unpaired) electrons. The highest BCUT2D eigenvalue weighted by Crippen LogP contribution is 2.26. The molecule has 0 aliphatic carbocycles. The first-order valence-corrected chi connectivity index (χ1v) is 5.05. The lowest BCUT2D eigenvalue weighted by Gasteiger charge is -1.99. The van der Waals surface area contributed by atoms with Gasteiger partial charge in [-0.2, -0.15) is 9.90 Å². The van der Waals surface area contributed by atoms with Gasteiger partial charge in [-0.05, 0) is 24.3 Å². The minimum Gasteiger partial charge on any atom is -0.153 e. The minimum absolute atomic E-state index is 0. The lowest BCUT2D eigenvalue weighted by molar-refractivity contribution is 1.41. The molecule has 0 spiro atoms. The number of benzene rings is 2. The normalized spacial score (nSPS) is 9.14. The fraction of sp³-hybridized carbons (Fsp3) is 0. The fourth-order valence-corrected chi connectivity index (χ4v) is 1.97. The molecule has 0 saturated heterocycles. The molecule has 0 aromatic heterocycles. The molecule has 0 nitrogen and oxygen atoms in total. The van der Waals surface area contributed by atoms with Gasteiger partial charge in [0.2, 0.25) is 0 Å². The molecule has 14 heavy (non-hydrogen) atoms. The van der Waals surface area contributed by atoms with E-state index in [0.29, 0.717) is 0 Å². The zero-order chi connectivity index (χ0) is 8.93. The van der Waals surface area contributed by atoms with Gasteiger partial charge < -0.3 is 0 Å². The van der Waals surface area contributed by atoms with Crippen molar-refractivity contribution in [3.63, 3.8) is 0 Å². The van der Waals surface area contributed by atoms with Gasteiger partial charge in [-0.3, -0.25) is 0 Å². The summed E-state index contributed by atoms with van der Waals surface area (Å²) >= 11 is 1.79. The Morgan fingerprint density at radius 2 is 0.929 bits per heavy atom. The van der Waals surface area contributed by atoms with E-state index in [-0.39, 0.29) is 9.90 Å². The zero-order valence-electron chi connectivity index (χ0n) is 7.89. The molecule has 0 N–H and O–H groups in total. The van der Waals surface area contributed by atoms with Gasteiger partial charge in [-0.25, -0.2) is 0 Å². The Hall–Kier alpha value is -0.780. The van der Waals surface area contributed by atoms with Crippen LogP contribution in [0.25, 0.3) is 0 Å². The molecule has 2 aromatic rings. The molecule has 0 heterocycles. The molecule has 0 saturated carbocycles. The van der Waals surface area contributed by atoms with Crippen LogP contribution in [0, 0.1) is 0 Å². The molecular weight excluding hydrogens is 207 g/mol. The highest BCUT2D eigenvalue weighted by Gasteiger charge is 1.93. The van der Waals surface area contributed by atoms with Crippen LogP contribution in [0.4, 0.5) is 0 Å². The Morgan fingerprint density at radius 3 is 1.29 bits per heavy atom. The summed E-state index contributed by atoms with van der Waals surface area (Å²) in [6, 6.07) is 20.8. The van der Waals surface area contributed by atoms with Crippen LogP contribution in [0.5, 0.6) is 0 Å². The van der Waals surface area contributed by atoms with Crippen LogP contribution in [-0.4, -0.2) is 0 Å². The average Bonchev–Trinajstić information content (AvgIpc) is 2.21. The van der Waals surface area contributed by atoms with Crippen LogP contribution in [0.3, 0.4) is 0 Å². The standard InChI is InChI=1S/C12H10S.H3P/c1-3-7-11(8-4-1)13-12-9-5-2-6-10-12;/h1-10H;1H3. The lowest BCUT2D eigenvalue weighted by Crippen LogP contribution is -1.70. The van der Waals surface area contributed by atoms with E-state index < -0.39 is 0 Å². The summed E-state index contributed by atoms with van der Waals surface area (Å²) in [5.41, 5.74) is 0. The van der Waals surface area contributed by atoms with E-state index in [2.05, 4.69) is 48.5 Å². The maximum atomic E-state index is 2.12. The summed E-state index contributed by atoms with van der Waals surface area (Å²) in [6.07, 6.45) is 0. The minimum atomic E-state index is 0. The van der Waals surface area contributed by atoms with Gasteiger partial charge in [0.05, 0.1) is 0 Å². The predicted molar refractivity (Wildman–Crippen MR) is 68.1 cm³/mol. The first-order chi connectivity index (χ1) is 6.45. The Labute approximate surface area is 92.4 Å². The average molecular weight is 220 g/mol. The molecule has 0 amide bonds. The Kier molecular flexibility index (Phi) is 4.72. The fourth-order valence-electron chi connectivity index (χ4n) is 1.11. The highest BCUT2D eigenvalue weighted by atomic mass is 32.2. The van der Waals surface area contributed by atoms with Crippen LogP contribution >= 0.6 is 21.7 Å². The van der Waals surface area contributed by atoms with Crippen molar-refractivity contribution in [1.29, 1.82) is 0 Å². The zero-order valence-corrected chi connectivity index (χ0v) is 10.1.